The summed E-state index contributed by atoms with van der Waals surface area (Å²) in [4.78, 5) is 19.7. The van der Waals surface area contributed by atoms with Crippen LogP contribution in [0, 0.1) is 6.92 Å². The normalized spacial score (nSPS) is 12.8. The number of benzene rings is 2. The lowest BCUT2D eigenvalue weighted by Crippen LogP contribution is -2.22. The van der Waals surface area contributed by atoms with Gasteiger partial charge < -0.3 is 5.32 Å². The molecule has 0 aliphatic rings. The molecule has 0 radical (unpaired) electrons. The van der Waals surface area contributed by atoms with Crippen LogP contribution in [0.2, 0.25) is 0 Å². The molecule has 1 aromatic heterocycles. The van der Waals surface area contributed by atoms with Gasteiger partial charge in [0.2, 0.25) is 11.7 Å². The Bertz CT molecular complexity index is 974. The lowest BCUT2D eigenvalue weighted by Gasteiger charge is -2.14. The van der Waals surface area contributed by atoms with E-state index in [1.54, 1.807) is 37.3 Å². The van der Waals surface area contributed by atoms with Crippen LogP contribution in [0.3, 0.4) is 0 Å². The second kappa shape index (κ2) is 7.56. The zero-order valence-electron chi connectivity index (χ0n) is 14.5. The van der Waals surface area contributed by atoms with Crippen LogP contribution >= 0.6 is 11.8 Å². The number of carbonyl (C=O) groups excluding carboxylic acids is 1. The van der Waals surface area contributed by atoms with Gasteiger partial charge in [0.1, 0.15) is 5.03 Å². The van der Waals surface area contributed by atoms with Gasteiger partial charge in [-0.3, -0.25) is 4.79 Å². The molecule has 1 amide bonds. The molecule has 0 spiro atoms. The number of nitrogens with zero attached hydrogens (tertiary/aromatic N) is 2. The lowest BCUT2D eigenvalue weighted by atomic mass is 10.2. The van der Waals surface area contributed by atoms with Crippen molar-refractivity contribution in [3.63, 3.8) is 0 Å². The molecule has 0 bridgehead atoms. The molecular formula is C19H16F3N3OS. The van der Waals surface area contributed by atoms with Gasteiger partial charge in [-0.2, -0.15) is 13.2 Å². The largest absolute Gasteiger partial charge is 0.451 e. The third-order valence-corrected chi connectivity index (χ3v) is 4.90. The molecule has 1 atom stereocenters. The smallest absolute Gasteiger partial charge is 0.325 e. The number of aromatic nitrogens is 2. The second-order valence-electron chi connectivity index (χ2n) is 5.98. The number of amides is 1. The van der Waals surface area contributed by atoms with E-state index < -0.39 is 17.3 Å². The van der Waals surface area contributed by atoms with Crippen LogP contribution in [0.15, 0.2) is 53.6 Å². The minimum atomic E-state index is -4.66. The van der Waals surface area contributed by atoms with Crippen molar-refractivity contribution < 1.29 is 18.0 Å². The molecular weight excluding hydrogens is 375 g/mol. The predicted octanol–water partition coefficient (Wildman–Crippen LogP) is 5.08. The van der Waals surface area contributed by atoms with Crippen LogP contribution in [-0.2, 0) is 11.0 Å². The van der Waals surface area contributed by atoms with E-state index in [1.807, 2.05) is 19.1 Å². The van der Waals surface area contributed by atoms with Gasteiger partial charge in [-0.15, -0.1) is 0 Å². The highest BCUT2D eigenvalue weighted by molar-refractivity contribution is 8.00. The van der Waals surface area contributed by atoms with E-state index in [2.05, 4.69) is 15.3 Å². The number of thioether (sulfide) groups is 1. The molecule has 0 aliphatic heterocycles. The molecule has 1 N–H and O–H groups in total. The monoisotopic (exact) mass is 391 g/mol. The molecule has 0 fully saturated rings. The fraction of sp³-hybridized carbons (Fsp3) is 0.211. The lowest BCUT2D eigenvalue weighted by molar-refractivity contribution is -0.145. The van der Waals surface area contributed by atoms with Crippen molar-refractivity contribution in [3.8, 4) is 0 Å². The SMILES string of the molecule is Cc1ccc(NC(=O)C(C)Sc2nc(C(F)(F)F)nc3ccccc23)cc1. The summed E-state index contributed by atoms with van der Waals surface area (Å²) in [5.41, 5.74) is 1.87. The van der Waals surface area contributed by atoms with Crippen molar-refractivity contribution >= 4 is 34.3 Å². The summed E-state index contributed by atoms with van der Waals surface area (Å²) in [7, 11) is 0. The topological polar surface area (TPSA) is 54.9 Å². The quantitative estimate of drug-likeness (QED) is 0.498. The van der Waals surface area contributed by atoms with Crippen molar-refractivity contribution in [1.82, 2.24) is 9.97 Å². The molecule has 140 valence electrons. The summed E-state index contributed by atoms with van der Waals surface area (Å²) in [6, 6.07) is 13.7. The maximum absolute atomic E-state index is 13.1. The Morgan fingerprint density at radius 1 is 1.07 bits per heavy atom. The molecule has 27 heavy (non-hydrogen) atoms. The zero-order chi connectivity index (χ0) is 19.6. The fourth-order valence-corrected chi connectivity index (χ4v) is 3.31. The molecule has 0 aliphatic carbocycles. The molecule has 4 nitrogen and oxygen atoms in total. The van der Waals surface area contributed by atoms with Crippen LogP contribution < -0.4 is 5.32 Å². The van der Waals surface area contributed by atoms with Gasteiger partial charge in [0, 0.05) is 11.1 Å². The fourth-order valence-electron chi connectivity index (χ4n) is 2.37. The highest BCUT2D eigenvalue weighted by Crippen LogP contribution is 2.33. The van der Waals surface area contributed by atoms with Crippen molar-refractivity contribution in [3.05, 3.63) is 59.9 Å². The van der Waals surface area contributed by atoms with Gasteiger partial charge in [-0.05, 0) is 32.0 Å². The van der Waals surface area contributed by atoms with Crippen molar-refractivity contribution in [2.75, 3.05) is 5.32 Å². The van der Waals surface area contributed by atoms with E-state index in [4.69, 9.17) is 0 Å². The maximum Gasteiger partial charge on any atom is 0.451 e. The number of carbonyl (C=O) groups is 1. The summed E-state index contributed by atoms with van der Waals surface area (Å²) in [5, 5.41) is 2.71. The number of anilines is 1. The number of nitrogens with one attached hydrogen (secondary N) is 1. The number of halogens is 3. The van der Waals surface area contributed by atoms with Crippen molar-refractivity contribution in [1.29, 1.82) is 0 Å². The van der Waals surface area contributed by atoms with Crippen LogP contribution in [0.5, 0.6) is 0 Å². The van der Waals surface area contributed by atoms with Crippen molar-refractivity contribution in [2.45, 2.75) is 30.3 Å². The zero-order valence-corrected chi connectivity index (χ0v) is 15.4. The van der Waals surface area contributed by atoms with Gasteiger partial charge in [-0.25, -0.2) is 9.97 Å². The Balaban J connectivity index is 1.86. The number of para-hydroxylation sites is 1. The molecule has 3 rings (SSSR count). The van der Waals surface area contributed by atoms with Crippen LogP contribution in [0.4, 0.5) is 18.9 Å². The van der Waals surface area contributed by atoms with Gasteiger partial charge in [0.15, 0.2) is 0 Å². The first-order chi connectivity index (χ1) is 12.7. The third-order valence-electron chi connectivity index (χ3n) is 3.80. The Morgan fingerprint density at radius 3 is 2.41 bits per heavy atom. The summed E-state index contributed by atoms with van der Waals surface area (Å²) in [5.74, 6) is -1.53. The number of hydrogen-bond donors (Lipinski definition) is 1. The van der Waals surface area contributed by atoms with Gasteiger partial charge in [0.05, 0.1) is 10.8 Å². The molecule has 8 heteroatoms. The van der Waals surface area contributed by atoms with E-state index in [1.165, 1.54) is 6.07 Å². The van der Waals surface area contributed by atoms with Gasteiger partial charge in [-0.1, -0.05) is 47.7 Å². The molecule has 1 heterocycles. The number of alkyl halides is 3. The summed E-state index contributed by atoms with van der Waals surface area (Å²) >= 11 is 0.971. The summed E-state index contributed by atoms with van der Waals surface area (Å²) in [6.07, 6.45) is -4.66. The minimum absolute atomic E-state index is 0.125. The van der Waals surface area contributed by atoms with E-state index in [0.29, 0.717) is 11.1 Å². The average Bonchev–Trinajstić information content (AvgIpc) is 2.62. The first-order valence-electron chi connectivity index (χ1n) is 8.12. The van der Waals surface area contributed by atoms with Gasteiger partial charge in [0.25, 0.3) is 0 Å². The summed E-state index contributed by atoms with van der Waals surface area (Å²) < 4.78 is 39.3. The van der Waals surface area contributed by atoms with Gasteiger partial charge >= 0.3 is 6.18 Å². The Hall–Kier alpha value is -2.61. The first-order valence-corrected chi connectivity index (χ1v) is 9.00. The third kappa shape index (κ3) is 4.57. The minimum Gasteiger partial charge on any atom is -0.325 e. The number of aryl methyl sites for hydroxylation is 1. The van der Waals surface area contributed by atoms with Crippen LogP contribution in [0.25, 0.3) is 10.9 Å². The predicted molar refractivity (Wildman–Crippen MR) is 99.7 cm³/mol. The Labute approximate surface area is 158 Å². The highest BCUT2D eigenvalue weighted by atomic mass is 32.2. The first kappa shape index (κ1) is 19.2. The molecule has 0 saturated heterocycles. The number of hydrogen-bond acceptors (Lipinski definition) is 4. The van der Waals surface area contributed by atoms with Crippen molar-refractivity contribution in [2.24, 2.45) is 0 Å². The Morgan fingerprint density at radius 2 is 1.74 bits per heavy atom. The summed E-state index contributed by atoms with van der Waals surface area (Å²) in [6.45, 7) is 3.56. The van der Waals surface area contributed by atoms with E-state index in [0.717, 1.165) is 17.3 Å². The molecule has 1 unspecified atom stereocenters. The number of fused-ring (bicyclic) bond motifs is 1. The average molecular weight is 391 g/mol. The highest BCUT2D eigenvalue weighted by Gasteiger charge is 2.35. The Kier molecular flexibility index (Phi) is 5.36. The van der Waals surface area contributed by atoms with Crippen LogP contribution in [-0.4, -0.2) is 21.1 Å². The molecule has 2 aromatic carbocycles. The van der Waals surface area contributed by atoms with E-state index in [-0.39, 0.29) is 16.4 Å². The number of rotatable bonds is 4. The van der Waals surface area contributed by atoms with E-state index >= 15 is 0 Å². The van der Waals surface area contributed by atoms with Crippen LogP contribution in [0.1, 0.15) is 18.3 Å². The maximum atomic E-state index is 13.1. The molecule has 3 aromatic rings. The standard InChI is InChI=1S/C19H16F3N3OS/c1-11-7-9-13(10-8-11)23-16(26)12(2)27-17-14-5-3-4-6-15(14)24-18(25-17)19(20,21)22/h3-10,12H,1-2H3,(H,23,26). The van der Waals surface area contributed by atoms with E-state index in [9.17, 15) is 18.0 Å². The second-order valence-corrected chi connectivity index (χ2v) is 7.31. The molecule has 0 saturated carbocycles.